The number of nitrogens with one attached hydrogen (secondary N) is 1. The lowest BCUT2D eigenvalue weighted by atomic mass is 10.1. The minimum atomic E-state index is -3.87. The standard InChI is InChI=1S/C19H19FN2O2S.C18H14FNO3S/c1-14-3-9-18(10-4-14)25(23,24)22-13-15(12-21-2)11-19(22)16-5-7-17(20)8-6-16;1-13-2-8-17(9-3-13)24(22,23)20-11-14(12-21)10-18(20)15-4-6-16(19)7-5-15/h3-11,13,21H,12H2,1-2H3;2-12H,1H3. The van der Waals surface area contributed by atoms with Crippen molar-refractivity contribution in [3.8, 4) is 22.5 Å². The lowest BCUT2D eigenvalue weighted by Gasteiger charge is -2.11. The molecule has 6 rings (SSSR count). The van der Waals surface area contributed by atoms with Gasteiger partial charge in [0.05, 0.1) is 21.2 Å². The van der Waals surface area contributed by atoms with E-state index in [1.54, 1.807) is 67.8 Å². The van der Waals surface area contributed by atoms with E-state index in [4.69, 9.17) is 0 Å². The van der Waals surface area contributed by atoms with Crippen LogP contribution in [0.5, 0.6) is 0 Å². The molecule has 0 bridgehead atoms. The molecule has 252 valence electrons. The van der Waals surface area contributed by atoms with Gasteiger partial charge in [-0.25, -0.2) is 33.6 Å². The van der Waals surface area contributed by atoms with E-state index in [9.17, 15) is 30.4 Å². The minimum Gasteiger partial charge on any atom is -0.316 e. The Bertz CT molecular complexity index is 2300. The quantitative estimate of drug-likeness (QED) is 0.160. The maximum Gasteiger partial charge on any atom is 0.268 e. The summed E-state index contributed by atoms with van der Waals surface area (Å²) in [5.74, 6) is -0.785. The normalized spacial score (nSPS) is 11.5. The van der Waals surface area contributed by atoms with E-state index in [2.05, 4.69) is 5.32 Å². The SMILES string of the molecule is CNCc1cc(-c2ccc(F)cc2)n(S(=O)(=O)c2ccc(C)cc2)c1.Cc1ccc(S(=O)(=O)n2cc(C=O)cc2-c2ccc(F)cc2)cc1. The maximum absolute atomic E-state index is 13.2. The second kappa shape index (κ2) is 14.5. The number of hydrogen-bond acceptors (Lipinski definition) is 6. The summed E-state index contributed by atoms with van der Waals surface area (Å²) < 4.78 is 80.7. The van der Waals surface area contributed by atoms with E-state index in [-0.39, 0.29) is 21.2 Å². The number of benzene rings is 4. The van der Waals surface area contributed by atoms with Crippen molar-refractivity contribution < 1.29 is 30.4 Å². The van der Waals surface area contributed by atoms with Gasteiger partial charge in [-0.1, -0.05) is 35.4 Å². The van der Waals surface area contributed by atoms with Crippen molar-refractivity contribution in [2.75, 3.05) is 7.05 Å². The van der Waals surface area contributed by atoms with Crippen LogP contribution in [-0.4, -0.2) is 38.1 Å². The van der Waals surface area contributed by atoms with Crippen LogP contribution in [0, 0.1) is 25.5 Å². The summed E-state index contributed by atoms with van der Waals surface area (Å²) in [5, 5.41) is 3.02. The molecule has 0 aliphatic heterocycles. The molecule has 2 aromatic heterocycles. The number of hydrogen-bond donors (Lipinski definition) is 1. The van der Waals surface area contributed by atoms with Gasteiger partial charge in [0, 0.05) is 24.5 Å². The van der Waals surface area contributed by atoms with Crippen LogP contribution in [0.15, 0.2) is 131 Å². The first-order chi connectivity index (χ1) is 23.3. The van der Waals surface area contributed by atoms with Gasteiger partial charge in [-0.3, -0.25) is 4.79 Å². The molecule has 4 aromatic carbocycles. The number of carbonyl (C=O) groups is 1. The molecular weight excluding hydrogens is 669 g/mol. The monoisotopic (exact) mass is 701 g/mol. The molecule has 49 heavy (non-hydrogen) atoms. The van der Waals surface area contributed by atoms with Crippen LogP contribution < -0.4 is 5.32 Å². The Hall–Kier alpha value is -5.17. The number of carbonyl (C=O) groups excluding carboxylic acids is 1. The molecule has 0 saturated carbocycles. The van der Waals surface area contributed by atoms with Gasteiger partial charge in [-0.05, 0) is 123 Å². The second-order valence-corrected chi connectivity index (χ2v) is 14.9. The Balaban J connectivity index is 0.000000191. The number of halogens is 2. The smallest absolute Gasteiger partial charge is 0.268 e. The van der Waals surface area contributed by atoms with Crippen LogP contribution in [0.3, 0.4) is 0 Å². The Morgan fingerprint density at radius 3 is 1.43 bits per heavy atom. The average Bonchev–Trinajstić information content (AvgIpc) is 3.73. The molecule has 0 aliphatic carbocycles. The van der Waals surface area contributed by atoms with Gasteiger partial charge in [-0.15, -0.1) is 0 Å². The third-order valence-electron chi connectivity index (χ3n) is 7.60. The van der Waals surface area contributed by atoms with Crippen LogP contribution in [0.25, 0.3) is 22.5 Å². The predicted molar refractivity (Wildman–Crippen MR) is 185 cm³/mol. The molecule has 6 aromatic rings. The van der Waals surface area contributed by atoms with E-state index in [0.29, 0.717) is 35.3 Å². The summed E-state index contributed by atoms with van der Waals surface area (Å²) in [6, 6.07) is 27.6. The maximum atomic E-state index is 13.2. The number of aromatic nitrogens is 2. The third kappa shape index (κ3) is 7.78. The van der Waals surface area contributed by atoms with E-state index in [1.807, 2.05) is 13.8 Å². The van der Waals surface area contributed by atoms with Gasteiger partial charge >= 0.3 is 0 Å². The van der Waals surface area contributed by atoms with Gasteiger partial charge in [0.1, 0.15) is 11.6 Å². The topological polar surface area (TPSA) is 107 Å². The first-order valence-electron chi connectivity index (χ1n) is 15.0. The van der Waals surface area contributed by atoms with Gasteiger partial charge < -0.3 is 5.32 Å². The minimum absolute atomic E-state index is 0.115. The van der Waals surface area contributed by atoms with Crippen molar-refractivity contribution in [2.24, 2.45) is 0 Å². The number of aryl methyl sites for hydroxylation is 2. The van der Waals surface area contributed by atoms with Crippen LogP contribution in [0.1, 0.15) is 27.0 Å². The van der Waals surface area contributed by atoms with Crippen molar-refractivity contribution in [1.29, 1.82) is 0 Å². The summed E-state index contributed by atoms with van der Waals surface area (Å²) in [4.78, 5) is 11.4. The molecule has 0 aliphatic rings. The molecule has 0 spiro atoms. The first-order valence-corrected chi connectivity index (χ1v) is 17.9. The lowest BCUT2D eigenvalue weighted by Crippen LogP contribution is -2.13. The zero-order chi connectivity index (χ0) is 35.3. The molecule has 8 nitrogen and oxygen atoms in total. The van der Waals surface area contributed by atoms with Gasteiger partial charge in [0.15, 0.2) is 6.29 Å². The highest BCUT2D eigenvalue weighted by Crippen LogP contribution is 2.29. The number of aldehydes is 1. The number of rotatable bonds is 9. The largest absolute Gasteiger partial charge is 0.316 e. The van der Waals surface area contributed by atoms with Crippen molar-refractivity contribution in [2.45, 2.75) is 30.2 Å². The predicted octanol–water partition coefficient (Wildman–Crippen LogP) is 7.21. The van der Waals surface area contributed by atoms with Crippen molar-refractivity contribution in [1.82, 2.24) is 13.3 Å². The zero-order valence-corrected chi connectivity index (χ0v) is 28.5. The Morgan fingerprint density at radius 1 is 0.612 bits per heavy atom. The summed E-state index contributed by atoms with van der Waals surface area (Å²) in [7, 11) is -5.82. The molecule has 0 fully saturated rings. The Morgan fingerprint density at radius 2 is 1.02 bits per heavy atom. The van der Waals surface area contributed by atoms with E-state index < -0.39 is 25.9 Å². The van der Waals surface area contributed by atoms with Crippen molar-refractivity contribution in [3.05, 3.63) is 155 Å². The highest BCUT2D eigenvalue weighted by atomic mass is 32.2. The highest BCUT2D eigenvalue weighted by molar-refractivity contribution is 7.90. The summed E-state index contributed by atoms with van der Waals surface area (Å²) >= 11 is 0. The highest BCUT2D eigenvalue weighted by Gasteiger charge is 2.23. The summed E-state index contributed by atoms with van der Waals surface area (Å²) in [6.45, 7) is 4.30. The van der Waals surface area contributed by atoms with Crippen molar-refractivity contribution >= 4 is 26.3 Å². The van der Waals surface area contributed by atoms with E-state index >= 15 is 0 Å². The Kier molecular flexibility index (Phi) is 10.4. The fourth-order valence-electron chi connectivity index (χ4n) is 5.03. The zero-order valence-electron chi connectivity index (χ0n) is 26.8. The van der Waals surface area contributed by atoms with Crippen LogP contribution >= 0.6 is 0 Å². The molecule has 0 atom stereocenters. The molecular formula is C37H33F2N3O5S2. The Labute approximate surface area is 284 Å². The molecule has 0 saturated heterocycles. The molecule has 0 unspecified atom stereocenters. The lowest BCUT2D eigenvalue weighted by molar-refractivity contribution is 0.112. The molecule has 1 N–H and O–H groups in total. The average molecular weight is 702 g/mol. The van der Waals surface area contributed by atoms with Gasteiger partial charge in [0.25, 0.3) is 20.0 Å². The van der Waals surface area contributed by atoms with Gasteiger partial charge in [-0.2, -0.15) is 0 Å². The summed E-state index contributed by atoms with van der Waals surface area (Å²) in [6.07, 6.45) is 3.44. The molecule has 0 amide bonds. The first kappa shape index (κ1) is 35.1. The van der Waals surface area contributed by atoms with E-state index in [1.165, 1.54) is 64.8 Å². The van der Waals surface area contributed by atoms with Crippen LogP contribution in [-0.2, 0) is 26.6 Å². The van der Waals surface area contributed by atoms with Gasteiger partial charge in [0.2, 0.25) is 0 Å². The second-order valence-electron chi connectivity index (χ2n) is 11.3. The number of nitrogens with zero attached hydrogens (tertiary/aromatic N) is 2. The van der Waals surface area contributed by atoms with E-state index in [0.717, 1.165) is 20.7 Å². The van der Waals surface area contributed by atoms with Crippen LogP contribution in [0.2, 0.25) is 0 Å². The molecule has 2 heterocycles. The fourth-order valence-corrected chi connectivity index (χ4v) is 7.82. The van der Waals surface area contributed by atoms with Crippen molar-refractivity contribution in [3.63, 3.8) is 0 Å². The summed E-state index contributed by atoms with van der Waals surface area (Å²) in [5.41, 5.74) is 4.93. The van der Waals surface area contributed by atoms with Crippen LogP contribution in [0.4, 0.5) is 8.78 Å². The molecule has 0 radical (unpaired) electrons. The fraction of sp³-hybridized carbons (Fsp3) is 0.108. The molecule has 12 heteroatoms. The third-order valence-corrected chi connectivity index (χ3v) is 11.0.